The summed E-state index contributed by atoms with van der Waals surface area (Å²) in [7, 11) is -3.85. The predicted octanol–water partition coefficient (Wildman–Crippen LogP) is 3.68. The molecule has 2 aromatic carbocycles. The summed E-state index contributed by atoms with van der Waals surface area (Å²) in [6.07, 6.45) is 1.33. The smallest absolute Gasteiger partial charge is 0.266 e. The van der Waals surface area contributed by atoms with Crippen LogP contribution in [0.4, 0.5) is 5.69 Å². The number of nitrogens with one attached hydrogen (secondary N) is 1. The lowest BCUT2D eigenvalue weighted by Crippen LogP contribution is -2.14. The Morgan fingerprint density at radius 2 is 1.90 bits per heavy atom. The summed E-state index contributed by atoms with van der Waals surface area (Å²) < 4.78 is 24.1. The molecule has 0 aliphatic rings. The highest BCUT2D eigenvalue weighted by Gasteiger charge is 2.17. The Balaban J connectivity index is 1.90. The first-order valence-corrected chi connectivity index (χ1v) is 11.0. The summed E-state index contributed by atoms with van der Waals surface area (Å²) in [5.41, 5.74) is 1.60. The largest absolute Gasteiger partial charge is 0.321 e. The van der Waals surface area contributed by atoms with E-state index in [0.717, 1.165) is 0 Å². The van der Waals surface area contributed by atoms with Crippen LogP contribution in [0.15, 0.2) is 59.0 Å². The number of sulfonamides is 1. The van der Waals surface area contributed by atoms with Crippen molar-refractivity contribution < 1.29 is 13.2 Å². The molecule has 31 heavy (non-hydrogen) atoms. The van der Waals surface area contributed by atoms with Gasteiger partial charge in [0.05, 0.1) is 16.3 Å². The molecule has 0 saturated carbocycles. The number of aromatic nitrogens is 2. The van der Waals surface area contributed by atoms with Crippen LogP contribution in [0.25, 0.3) is 11.8 Å². The van der Waals surface area contributed by atoms with Crippen molar-refractivity contribution >= 4 is 50.9 Å². The molecular weight excluding hydrogens is 461 g/mol. The summed E-state index contributed by atoms with van der Waals surface area (Å²) in [6, 6.07) is 14.0. The van der Waals surface area contributed by atoms with Crippen LogP contribution in [-0.2, 0) is 14.8 Å². The van der Waals surface area contributed by atoms with E-state index in [0.29, 0.717) is 22.0 Å². The Kier molecular flexibility index (Phi) is 6.48. The predicted molar refractivity (Wildman–Crippen MR) is 118 cm³/mol. The summed E-state index contributed by atoms with van der Waals surface area (Å²) in [4.78, 5) is 12.4. The van der Waals surface area contributed by atoms with E-state index >= 15 is 0 Å². The van der Waals surface area contributed by atoms with Gasteiger partial charge in [0.1, 0.15) is 16.8 Å². The highest BCUT2D eigenvalue weighted by atomic mass is 35.5. The van der Waals surface area contributed by atoms with E-state index in [4.69, 9.17) is 28.3 Å². The molecular formula is C20H15Cl2N5O3S. The number of carbonyl (C=O) groups is 1. The van der Waals surface area contributed by atoms with E-state index in [-0.39, 0.29) is 21.3 Å². The van der Waals surface area contributed by atoms with Gasteiger partial charge in [-0.25, -0.2) is 18.2 Å². The van der Waals surface area contributed by atoms with E-state index in [2.05, 4.69) is 10.4 Å². The lowest BCUT2D eigenvalue weighted by Gasteiger charge is -2.06. The van der Waals surface area contributed by atoms with Gasteiger partial charge in [0.2, 0.25) is 10.0 Å². The molecule has 0 radical (unpaired) electrons. The maximum absolute atomic E-state index is 12.5. The number of anilines is 1. The average molecular weight is 476 g/mol. The topological polar surface area (TPSA) is 131 Å². The fourth-order valence-electron chi connectivity index (χ4n) is 2.67. The zero-order valence-electron chi connectivity index (χ0n) is 16.0. The van der Waals surface area contributed by atoms with Gasteiger partial charge in [-0.15, -0.1) is 0 Å². The maximum Gasteiger partial charge on any atom is 0.266 e. The van der Waals surface area contributed by atoms with Crippen molar-refractivity contribution in [3.8, 4) is 11.8 Å². The molecule has 1 amide bonds. The Hall–Kier alpha value is -3.16. The maximum atomic E-state index is 12.5. The zero-order chi connectivity index (χ0) is 22.8. The number of carbonyl (C=O) groups excluding carboxylic acids is 1. The summed E-state index contributed by atoms with van der Waals surface area (Å²) >= 11 is 12.5. The molecule has 0 bridgehead atoms. The van der Waals surface area contributed by atoms with E-state index in [1.807, 2.05) is 6.07 Å². The van der Waals surface area contributed by atoms with Crippen molar-refractivity contribution in [2.75, 3.05) is 5.32 Å². The third kappa shape index (κ3) is 5.13. The fourth-order valence-corrected chi connectivity index (χ4v) is 3.70. The van der Waals surface area contributed by atoms with Gasteiger partial charge in [-0.1, -0.05) is 29.3 Å². The molecule has 8 nitrogen and oxygen atoms in total. The van der Waals surface area contributed by atoms with E-state index < -0.39 is 15.9 Å². The second-order valence-corrected chi connectivity index (χ2v) is 8.73. The van der Waals surface area contributed by atoms with Gasteiger partial charge >= 0.3 is 0 Å². The van der Waals surface area contributed by atoms with Gasteiger partial charge in [0, 0.05) is 16.3 Å². The number of primary sulfonamides is 1. The van der Waals surface area contributed by atoms with Crippen LogP contribution in [0.1, 0.15) is 11.3 Å². The van der Waals surface area contributed by atoms with Gasteiger partial charge in [-0.2, -0.15) is 10.4 Å². The van der Waals surface area contributed by atoms with Crippen LogP contribution < -0.4 is 10.5 Å². The first kappa shape index (κ1) is 22.5. The van der Waals surface area contributed by atoms with Crippen LogP contribution in [0.3, 0.4) is 0 Å². The van der Waals surface area contributed by atoms with Gasteiger partial charge in [-0.05, 0) is 55.5 Å². The van der Waals surface area contributed by atoms with Gasteiger partial charge in [-0.3, -0.25) is 4.79 Å². The summed E-state index contributed by atoms with van der Waals surface area (Å²) in [6.45, 7) is 1.69. The number of nitrogens with zero attached hydrogens (tertiary/aromatic N) is 3. The van der Waals surface area contributed by atoms with Crippen molar-refractivity contribution in [2.45, 2.75) is 11.8 Å². The summed E-state index contributed by atoms with van der Waals surface area (Å²) in [5.74, 6) is -0.697. The number of rotatable bonds is 5. The molecule has 0 atom stereocenters. The molecule has 0 unspecified atom stereocenters. The minimum Gasteiger partial charge on any atom is -0.321 e. The Labute approximate surface area is 188 Å². The number of benzene rings is 2. The van der Waals surface area contributed by atoms with E-state index in [1.165, 1.54) is 35.0 Å². The summed E-state index contributed by atoms with van der Waals surface area (Å²) in [5, 5.41) is 22.1. The number of nitrogens with two attached hydrogens (primary N) is 1. The van der Waals surface area contributed by atoms with Crippen LogP contribution >= 0.6 is 23.2 Å². The Morgan fingerprint density at radius 1 is 1.23 bits per heavy atom. The lowest BCUT2D eigenvalue weighted by atomic mass is 10.1. The van der Waals surface area contributed by atoms with Crippen molar-refractivity contribution in [3.05, 3.63) is 75.5 Å². The molecule has 3 N–H and O–H groups in total. The molecule has 0 spiro atoms. The Morgan fingerprint density at radius 3 is 2.48 bits per heavy atom. The quantitative estimate of drug-likeness (QED) is 0.429. The SMILES string of the molecule is Cc1nn(-c2cccc(Cl)c2)c(Cl)c1/C=C(\C#N)C(=O)Nc1ccc(S(N)(=O)=O)cc1. The third-order valence-corrected chi connectivity index (χ3v) is 5.72. The second-order valence-electron chi connectivity index (χ2n) is 6.37. The molecule has 3 aromatic rings. The highest BCUT2D eigenvalue weighted by Crippen LogP contribution is 2.27. The molecule has 0 aliphatic carbocycles. The lowest BCUT2D eigenvalue weighted by molar-refractivity contribution is -0.112. The van der Waals surface area contributed by atoms with Crippen molar-refractivity contribution in [1.82, 2.24) is 9.78 Å². The van der Waals surface area contributed by atoms with Crippen LogP contribution in [-0.4, -0.2) is 24.1 Å². The number of amides is 1. The minimum atomic E-state index is -3.85. The molecule has 1 aromatic heterocycles. The average Bonchev–Trinajstić information content (AvgIpc) is 2.99. The zero-order valence-corrected chi connectivity index (χ0v) is 18.3. The monoisotopic (exact) mass is 475 g/mol. The van der Waals surface area contributed by atoms with Gasteiger partial charge in [0.25, 0.3) is 5.91 Å². The molecule has 3 rings (SSSR count). The molecule has 158 valence electrons. The molecule has 0 fully saturated rings. The van der Waals surface area contributed by atoms with Crippen LogP contribution in [0, 0.1) is 18.3 Å². The minimum absolute atomic E-state index is 0.0996. The van der Waals surface area contributed by atoms with Crippen LogP contribution in [0.2, 0.25) is 10.2 Å². The normalized spacial score (nSPS) is 11.8. The second kappa shape index (κ2) is 8.91. The van der Waals surface area contributed by atoms with Crippen molar-refractivity contribution in [3.63, 3.8) is 0 Å². The third-order valence-electron chi connectivity index (χ3n) is 4.20. The fraction of sp³-hybridized carbons (Fsp3) is 0.0500. The van der Waals surface area contributed by atoms with E-state index in [1.54, 1.807) is 31.2 Å². The van der Waals surface area contributed by atoms with Crippen LogP contribution in [0.5, 0.6) is 0 Å². The van der Waals surface area contributed by atoms with Gasteiger partial charge < -0.3 is 5.32 Å². The molecule has 0 saturated heterocycles. The first-order valence-electron chi connectivity index (χ1n) is 8.67. The number of hydrogen-bond acceptors (Lipinski definition) is 5. The Bertz CT molecular complexity index is 1340. The number of nitriles is 1. The van der Waals surface area contributed by atoms with Crippen molar-refractivity contribution in [2.24, 2.45) is 5.14 Å². The molecule has 1 heterocycles. The standard InChI is InChI=1S/C20H15Cl2N5O3S/c1-12-18(19(22)27(26-12)16-4-2-3-14(21)10-16)9-13(11-23)20(28)25-15-5-7-17(8-6-15)31(24,29)30/h2-10H,1H3,(H,25,28)(H2,24,29,30)/b13-9+. The van der Waals surface area contributed by atoms with E-state index in [9.17, 15) is 18.5 Å². The number of hydrogen-bond donors (Lipinski definition) is 2. The van der Waals surface area contributed by atoms with Crippen molar-refractivity contribution in [1.29, 1.82) is 5.26 Å². The first-order chi connectivity index (χ1) is 14.6. The molecule has 0 aliphatic heterocycles. The molecule has 11 heteroatoms. The number of halogens is 2. The highest BCUT2D eigenvalue weighted by molar-refractivity contribution is 7.89. The number of aryl methyl sites for hydroxylation is 1. The van der Waals surface area contributed by atoms with Gasteiger partial charge in [0.15, 0.2) is 0 Å².